The third kappa shape index (κ3) is 3.07. The maximum atomic E-state index is 13.3. The highest BCUT2D eigenvalue weighted by molar-refractivity contribution is 5.77. The average Bonchev–Trinajstić information content (AvgIpc) is 3.01. The summed E-state index contributed by atoms with van der Waals surface area (Å²) in [7, 11) is 0. The van der Waals surface area contributed by atoms with Crippen molar-refractivity contribution < 1.29 is 4.39 Å². The molecule has 1 aliphatic carbocycles. The van der Waals surface area contributed by atoms with Gasteiger partial charge in [0.25, 0.3) is 5.56 Å². The van der Waals surface area contributed by atoms with Gasteiger partial charge in [0.05, 0.1) is 16.9 Å². The van der Waals surface area contributed by atoms with Crippen LogP contribution in [0.15, 0.2) is 47.3 Å². The van der Waals surface area contributed by atoms with Gasteiger partial charge in [-0.25, -0.2) is 9.37 Å². The molecule has 0 amide bonds. The molecule has 5 heteroatoms. The minimum Gasteiger partial charge on any atom is -0.309 e. The van der Waals surface area contributed by atoms with Gasteiger partial charge in [-0.05, 0) is 61.1 Å². The first-order valence-corrected chi connectivity index (χ1v) is 8.62. The number of hydrogen-bond acceptors (Lipinski definition) is 3. The van der Waals surface area contributed by atoms with Crippen LogP contribution in [0.1, 0.15) is 42.3 Å². The van der Waals surface area contributed by atoms with Crippen molar-refractivity contribution in [3.8, 4) is 0 Å². The maximum absolute atomic E-state index is 13.3. The molecular formula is C20H20FN3O. The Morgan fingerprint density at radius 2 is 2.16 bits per heavy atom. The summed E-state index contributed by atoms with van der Waals surface area (Å²) in [5.41, 5.74) is 2.92. The third-order valence-corrected chi connectivity index (χ3v) is 5.02. The van der Waals surface area contributed by atoms with E-state index >= 15 is 0 Å². The molecule has 3 aromatic rings. The number of aromatic amines is 1. The van der Waals surface area contributed by atoms with E-state index in [1.54, 1.807) is 12.1 Å². The van der Waals surface area contributed by atoms with Crippen molar-refractivity contribution in [2.75, 3.05) is 6.54 Å². The Balaban J connectivity index is 1.50. The highest BCUT2D eigenvalue weighted by atomic mass is 19.1. The Morgan fingerprint density at radius 1 is 1.32 bits per heavy atom. The second kappa shape index (κ2) is 6.41. The lowest BCUT2D eigenvalue weighted by Crippen LogP contribution is -2.27. The van der Waals surface area contributed by atoms with Crippen molar-refractivity contribution in [3.05, 3.63) is 75.6 Å². The molecule has 2 aromatic carbocycles. The van der Waals surface area contributed by atoms with Crippen LogP contribution in [0.25, 0.3) is 10.9 Å². The van der Waals surface area contributed by atoms with E-state index in [9.17, 15) is 9.18 Å². The number of benzene rings is 2. The Labute approximate surface area is 145 Å². The van der Waals surface area contributed by atoms with E-state index in [0.29, 0.717) is 22.6 Å². The second-order valence-corrected chi connectivity index (χ2v) is 6.68. The zero-order chi connectivity index (χ0) is 17.4. The van der Waals surface area contributed by atoms with Crippen LogP contribution in [0, 0.1) is 5.82 Å². The smallest absolute Gasteiger partial charge is 0.258 e. The second-order valence-electron chi connectivity index (χ2n) is 6.68. The zero-order valence-electron chi connectivity index (χ0n) is 14.1. The summed E-state index contributed by atoms with van der Waals surface area (Å²) in [6.45, 7) is 2.77. The summed E-state index contributed by atoms with van der Waals surface area (Å²) in [4.78, 5) is 19.6. The predicted molar refractivity (Wildman–Crippen MR) is 96.2 cm³/mol. The molecule has 0 radical (unpaired) electrons. The quantitative estimate of drug-likeness (QED) is 0.767. The van der Waals surface area contributed by atoms with Crippen LogP contribution in [0.5, 0.6) is 0 Å². The lowest BCUT2D eigenvalue weighted by molar-refractivity contribution is 0.500. The van der Waals surface area contributed by atoms with E-state index in [2.05, 4.69) is 15.3 Å². The standard InChI is InChI=1S/C20H20FN3O/c1-12(19-23-18-5-3-2-4-17(18)20(25)24-19)22-11-14-7-6-13-10-15(21)8-9-16(13)14/h2-5,8-10,12,14,22H,6-7,11H2,1H3,(H,23,24,25). The summed E-state index contributed by atoms with van der Waals surface area (Å²) in [6.07, 6.45) is 1.93. The lowest BCUT2D eigenvalue weighted by Gasteiger charge is -2.18. The molecule has 0 bridgehead atoms. The molecule has 128 valence electrons. The van der Waals surface area contributed by atoms with E-state index in [-0.39, 0.29) is 17.4 Å². The van der Waals surface area contributed by atoms with Gasteiger partial charge >= 0.3 is 0 Å². The maximum Gasteiger partial charge on any atom is 0.258 e. The number of nitrogens with zero attached hydrogens (tertiary/aromatic N) is 1. The summed E-state index contributed by atoms with van der Waals surface area (Å²) in [5, 5.41) is 4.06. The normalized spacial score (nSPS) is 17.6. The van der Waals surface area contributed by atoms with Crippen LogP contribution in [0.4, 0.5) is 4.39 Å². The Hall–Kier alpha value is -2.53. The fourth-order valence-electron chi connectivity index (χ4n) is 3.61. The van der Waals surface area contributed by atoms with Gasteiger partial charge in [0.2, 0.25) is 0 Å². The topological polar surface area (TPSA) is 57.8 Å². The van der Waals surface area contributed by atoms with E-state index in [0.717, 1.165) is 24.9 Å². The largest absolute Gasteiger partial charge is 0.309 e. The van der Waals surface area contributed by atoms with Crippen molar-refractivity contribution in [3.63, 3.8) is 0 Å². The predicted octanol–water partition coefficient (Wildman–Crippen LogP) is 3.44. The molecule has 1 aromatic heterocycles. The number of aromatic nitrogens is 2. The van der Waals surface area contributed by atoms with Crippen molar-refractivity contribution in [1.82, 2.24) is 15.3 Å². The van der Waals surface area contributed by atoms with E-state index in [1.165, 1.54) is 11.6 Å². The van der Waals surface area contributed by atoms with E-state index in [4.69, 9.17) is 0 Å². The number of rotatable bonds is 4. The molecule has 2 unspecified atom stereocenters. The molecule has 0 spiro atoms. The monoisotopic (exact) mass is 337 g/mol. The van der Waals surface area contributed by atoms with Crippen LogP contribution < -0.4 is 10.9 Å². The fraction of sp³-hybridized carbons (Fsp3) is 0.300. The van der Waals surface area contributed by atoms with Gasteiger partial charge in [-0.3, -0.25) is 4.79 Å². The van der Waals surface area contributed by atoms with Gasteiger partial charge in [-0.15, -0.1) is 0 Å². The SMILES string of the molecule is CC(NCC1CCc2cc(F)ccc21)c1nc2ccccc2c(=O)[nH]1. The summed E-state index contributed by atoms with van der Waals surface area (Å²) in [6, 6.07) is 12.3. The average molecular weight is 337 g/mol. The van der Waals surface area contributed by atoms with Crippen molar-refractivity contribution in [1.29, 1.82) is 0 Å². The minimum absolute atomic E-state index is 0.0678. The molecule has 0 saturated carbocycles. The fourth-order valence-corrected chi connectivity index (χ4v) is 3.61. The first kappa shape index (κ1) is 16.0. The number of para-hydroxylation sites is 1. The van der Waals surface area contributed by atoms with Gasteiger partial charge in [0, 0.05) is 6.54 Å². The highest BCUT2D eigenvalue weighted by Crippen LogP contribution is 2.33. The summed E-state index contributed by atoms with van der Waals surface area (Å²) < 4.78 is 13.3. The molecule has 0 fully saturated rings. The number of halogens is 1. The molecule has 4 rings (SSSR count). The van der Waals surface area contributed by atoms with Crippen LogP contribution in [-0.2, 0) is 6.42 Å². The summed E-state index contributed by atoms with van der Waals surface area (Å²) >= 11 is 0. The zero-order valence-corrected chi connectivity index (χ0v) is 14.1. The number of aryl methyl sites for hydroxylation is 1. The minimum atomic E-state index is -0.168. The molecular weight excluding hydrogens is 317 g/mol. The van der Waals surface area contributed by atoms with Gasteiger partial charge in [-0.2, -0.15) is 0 Å². The number of fused-ring (bicyclic) bond motifs is 2. The first-order valence-electron chi connectivity index (χ1n) is 8.62. The van der Waals surface area contributed by atoms with Gasteiger partial charge < -0.3 is 10.3 Å². The van der Waals surface area contributed by atoms with Gasteiger partial charge in [0.15, 0.2) is 0 Å². The van der Waals surface area contributed by atoms with Crippen molar-refractivity contribution in [2.45, 2.75) is 31.7 Å². The van der Waals surface area contributed by atoms with E-state index < -0.39 is 0 Å². The van der Waals surface area contributed by atoms with Crippen molar-refractivity contribution >= 4 is 10.9 Å². The Bertz CT molecular complexity index is 982. The summed E-state index contributed by atoms with van der Waals surface area (Å²) in [5.74, 6) is 0.838. The van der Waals surface area contributed by atoms with Crippen LogP contribution in [0.3, 0.4) is 0 Å². The number of nitrogens with one attached hydrogen (secondary N) is 2. The third-order valence-electron chi connectivity index (χ3n) is 5.02. The van der Waals surface area contributed by atoms with Gasteiger partial charge in [0.1, 0.15) is 11.6 Å². The number of H-pyrrole nitrogens is 1. The van der Waals surface area contributed by atoms with Gasteiger partial charge in [-0.1, -0.05) is 18.2 Å². The highest BCUT2D eigenvalue weighted by Gasteiger charge is 2.23. The molecule has 0 aliphatic heterocycles. The lowest BCUT2D eigenvalue weighted by atomic mass is 10.0. The first-order chi connectivity index (χ1) is 12.1. The molecule has 25 heavy (non-hydrogen) atoms. The Morgan fingerprint density at radius 3 is 3.04 bits per heavy atom. The molecule has 2 atom stereocenters. The molecule has 4 nitrogen and oxygen atoms in total. The molecule has 2 N–H and O–H groups in total. The molecule has 0 saturated heterocycles. The van der Waals surface area contributed by atoms with E-state index in [1.807, 2.05) is 31.2 Å². The van der Waals surface area contributed by atoms with Crippen LogP contribution >= 0.6 is 0 Å². The van der Waals surface area contributed by atoms with Crippen LogP contribution in [0.2, 0.25) is 0 Å². The Kier molecular flexibility index (Phi) is 4.09. The van der Waals surface area contributed by atoms with Crippen LogP contribution in [-0.4, -0.2) is 16.5 Å². The molecule has 1 aliphatic rings. The molecule has 1 heterocycles. The van der Waals surface area contributed by atoms with Crippen molar-refractivity contribution in [2.24, 2.45) is 0 Å². The number of hydrogen-bond donors (Lipinski definition) is 2.